The molecule has 0 saturated carbocycles. The van der Waals surface area contributed by atoms with E-state index < -0.39 is 0 Å². The lowest BCUT2D eigenvalue weighted by Crippen LogP contribution is -2.04. The molecule has 72 valence electrons. The van der Waals surface area contributed by atoms with Crippen molar-refractivity contribution >= 4 is 26.7 Å². The Bertz CT molecular complexity index is 463. The molecule has 0 bridgehead atoms. The molecule has 2 aromatic rings. The fourth-order valence-corrected chi connectivity index (χ4v) is 1.90. The normalized spacial score (nSPS) is 13.1. The van der Waals surface area contributed by atoms with E-state index in [1.807, 2.05) is 13.0 Å². The van der Waals surface area contributed by atoms with Gasteiger partial charge in [-0.3, -0.25) is 0 Å². The van der Waals surface area contributed by atoms with Crippen molar-refractivity contribution in [1.82, 2.24) is 0 Å². The molecule has 0 radical (unpaired) electrons. The van der Waals surface area contributed by atoms with Crippen LogP contribution >= 0.6 is 15.9 Å². The zero-order valence-electron chi connectivity index (χ0n) is 8.00. The molecule has 2 N–H and O–H groups in total. The van der Waals surface area contributed by atoms with Crippen LogP contribution in [0.2, 0.25) is 0 Å². The van der Waals surface area contributed by atoms with Gasteiger partial charge in [-0.15, -0.1) is 0 Å². The van der Waals surface area contributed by atoms with Gasteiger partial charge in [0.15, 0.2) is 0 Å². The number of nitrogens with two attached hydrogens (primary N) is 1. The molecule has 14 heavy (non-hydrogen) atoms. The molecule has 1 unspecified atom stereocenters. The minimum Gasteiger partial charge on any atom is -0.324 e. The summed E-state index contributed by atoms with van der Waals surface area (Å²) in [6.07, 6.45) is 0. The van der Waals surface area contributed by atoms with Crippen LogP contribution in [-0.2, 0) is 0 Å². The molecule has 0 aliphatic rings. The zero-order valence-corrected chi connectivity index (χ0v) is 9.58. The van der Waals surface area contributed by atoms with E-state index in [1.165, 1.54) is 16.3 Å². The van der Waals surface area contributed by atoms with Crippen LogP contribution in [-0.4, -0.2) is 0 Å². The molecule has 1 atom stereocenters. The summed E-state index contributed by atoms with van der Waals surface area (Å²) >= 11 is 3.46. The Morgan fingerprint density at radius 2 is 1.71 bits per heavy atom. The fraction of sp³-hybridized carbons (Fsp3) is 0.167. The fourth-order valence-electron chi connectivity index (χ4n) is 1.52. The number of fused-ring (bicyclic) bond motifs is 1. The van der Waals surface area contributed by atoms with Crippen LogP contribution in [0.4, 0.5) is 0 Å². The monoisotopic (exact) mass is 249 g/mol. The second-order valence-electron chi connectivity index (χ2n) is 3.54. The maximum Gasteiger partial charge on any atom is 0.0266 e. The van der Waals surface area contributed by atoms with Gasteiger partial charge in [0.25, 0.3) is 0 Å². The first-order valence-corrected chi connectivity index (χ1v) is 5.41. The third-order valence-corrected chi connectivity index (χ3v) is 2.85. The minimum atomic E-state index is 0.100. The highest BCUT2D eigenvalue weighted by molar-refractivity contribution is 9.10. The number of hydrogen-bond donors (Lipinski definition) is 1. The summed E-state index contributed by atoms with van der Waals surface area (Å²) in [6.45, 7) is 2.00. The van der Waals surface area contributed by atoms with Gasteiger partial charge < -0.3 is 5.73 Å². The average Bonchev–Trinajstić information content (AvgIpc) is 2.16. The topological polar surface area (TPSA) is 26.0 Å². The standard InChI is InChI=1S/C12H12BrN/c1-8(14)9-2-3-11-7-12(13)5-4-10(11)6-9/h2-8H,14H2,1H3. The second kappa shape index (κ2) is 3.71. The smallest absolute Gasteiger partial charge is 0.0266 e. The van der Waals surface area contributed by atoms with Gasteiger partial charge in [0.2, 0.25) is 0 Å². The Kier molecular flexibility index (Phi) is 2.57. The summed E-state index contributed by atoms with van der Waals surface area (Å²) in [5, 5.41) is 2.48. The maximum atomic E-state index is 5.83. The molecule has 0 aromatic heterocycles. The van der Waals surface area contributed by atoms with Crippen molar-refractivity contribution in [3.8, 4) is 0 Å². The molecule has 0 amide bonds. The number of halogens is 1. The first-order valence-electron chi connectivity index (χ1n) is 4.61. The molecule has 0 aliphatic carbocycles. The van der Waals surface area contributed by atoms with Crippen LogP contribution in [0, 0.1) is 0 Å². The lowest BCUT2D eigenvalue weighted by molar-refractivity contribution is 0.820. The van der Waals surface area contributed by atoms with E-state index in [2.05, 4.69) is 46.3 Å². The van der Waals surface area contributed by atoms with Crippen molar-refractivity contribution in [2.24, 2.45) is 5.73 Å². The largest absolute Gasteiger partial charge is 0.324 e. The Morgan fingerprint density at radius 3 is 2.43 bits per heavy atom. The molecule has 0 heterocycles. The first-order chi connectivity index (χ1) is 6.66. The molecule has 0 spiro atoms. The molecule has 0 aliphatic heterocycles. The maximum absolute atomic E-state index is 5.83. The molecular formula is C12H12BrN. The molecule has 2 heteroatoms. The third kappa shape index (κ3) is 1.81. The van der Waals surface area contributed by atoms with Crippen molar-refractivity contribution in [3.63, 3.8) is 0 Å². The predicted molar refractivity (Wildman–Crippen MR) is 64.3 cm³/mol. The first kappa shape index (κ1) is 9.69. The molecule has 1 nitrogen and oxygen atoms in total. The Hall–Kier alpha value is -0.860. The minimum absolute atomic E-state index is 0.100. The molecule has 0 saturated heterocycles. The Labute approximate surface area is 92.1 Å². The number of rotatable bonds is 1. The van der Waals surface area contributed by atoms with Gasteiger partial charge in [-0.1, -0.05) is 34.1 Å². The lowest BCUT2D eigenvalue weighted by Gasteiger charge is -2.07. The van der Waals surface area contributed by atoms with Crippen LogP contribution in [0.3, 0.4) is 0 Å². The van der Waals surface area contributed by atoms with E-state index in [9.17, 15) is 0 Å². The summed E-state index contributed by atoms with van der Waals surface area (Å²) in [4.78, 5) is 0. The predicted octanol–water partition coefficient (Wildman–Crippen LogP) is 3.62. The highest BCUT2D eigenvalue weighted by Gasteiger charge is 2.00. The van der Waals surface area contributed by atoms with Crippen LogP contribution in [0.5, 0.6) is 0 Å². The third-order valence-electron chi connectivity index (χ3n) is 2.35. The van der Waals surface area contributed by atoms with Gasteiger partial charge >= 0.3 is 0 Å². The van der Waals surface area contributed by atoms with E-state index in [0.29, 0.717) is 0 Å². The quantitative estimate of drug-likeness (QED) is 0.821. The van der Waals surface area contributed by atoms with Crippen LogP contribution in [0.15, 0.2) is 40.9 Å². The Balaban J connectivity index is 2.62. The molecular weight excluding hydrogens is 238 g/mol. The van der Waals surface area contributed by atoms with Gasteiger partial charge in [0, 0.05) is 10.5 Å². The van der Waals surface area contributed by atoms with E-state index in [4.69, 9.17) is 5.73 Å². The molecule has 2 rings (SSSR count). The van der Waals surface area contributed by atoms with E-state index >= 15 is 0 Å². The zero-order chi connectivity index (χ0) is 10.1. The van der Waals surface area contributed by atoms with Crippen molar-refractivity contribution in [1.29, 1.82) is 0 Å². The van der Waals surface area contributed by atoms with Gasteiger partial charge in [0.05, 0.1) is 0 Å². The number of benzene rings is 2. The molecule has 2 aromatic carbocycles. The van der Waals surface area contributed by atoms with Crippen LogP contribution < -0.4 is 5.73 Å². The van der Waals surface area contributed by atoms with Gasteiger partial charge in [-0.05, 0) is 41.5 Å². The summed E-state index contributed by atoms with van der Waals surface area (Å²) in [7, 11) is 0. The average molecular weight is 250 g/mol. The van der Waals surface area contributed by atoms with Gasteiger partial charge in [0.1, 0.15) is 0 Å². The summed E-state index contributed by atoms with van der Waals surface area (Å²) in [6, 6.07) is 12.7. The molecule has 0 fully saturated rings. The SMILES string of the molecule is CC(N)c1ccc2cc(Br)ccc2c1. The van der Waals surface area contributed by atoms with Gasteiger partial charge in [-0.25, -0.2) is 0 Å². The highest BCUT2D eigenvalue weighted by Crippen LogP contribution is 2.22. The highest BCUT2D eigenvalue weighted by atomic mass is 79.9. The summed E-state index contributed by atoms with van der Waals surface area (Å²) in [5.74, 6) is 0. The second-order valence-corrected chi connectivity index (χ2v) is 4.46. The lowest BCUT2D eigenvalue weighted by atomic mass is 10.0. The van der Waals surface area contributed by atoms with Crippen molar-refractivity contribution in [2.45, 2.75) is 13.0 Å². The summed E-state index contributed by atoms with van der Waals surface area (Å²) < 4.78 is 1.11. The number of hydrogen-bond acceptors (Lipinski definition) is 1. The van der Waals surface area contributed by atoms with E-state index in [1.54, 1.807) is 0 Å². The Morgan fingerprint density at radius 1 is 1.07 bits per heavy atom. The summed E-state index contributed by atoms with van der Waals surface area (Å²) in [5.41, 5.74) is 7.01. The van der Waals surface area contributed by atoms with E-state index in [0.717, 1.165) is 4.47 Å². The van der Waals surface area contributed by atoms with Crippen molar-refractivity contribution in [2.75, 3.05) is 0 Å². The van der Waals surface area contributed by atoms with Crippen molar-refractivity contribution < 1.29 is 0 Å². The van der Waals surface area contributed by atoms with Gasteiger partial charge in [-0.2, -0.15) is 0 Å². The van der Waals surface area contributed by atoms with Crippen molar-refractivity contribution in [3.05, 3.63) is 46.4 Å². The van der Waals surface area contributed by atoms with Crippen LogP contribution in [0.25, 0.3) is 10.8 Å². The van der Waals surface area contributed by atoms with E-state index in [-0.39, 0.29) is 6.04 Å². The van der Waals surface area contributed by atoms with Crippen LogP contribution in [0.1, 0.15) is 18.5 Å².